The number of nitrogens with zero attached hydrogens (tertiary/aromatic N) is 2. The topological polar surface area (TPSA) is 42.9 Å². The van der Waals surface area contributed by atoms with Gasteiger partial charge in [0.1, 0.15) is 5.01 Å². The van der Waals surface area contributed by atoms with Crippen LogP contribution in [0.5, 0.6) is 0 Å². The maximum Gasteiger partial charge on any atom is 0.152 e. The third-order valence-electron chi connectivity index (χ3n) is 1.83. The third kappa shape index (κ3) is 1.56. The Morgan fingerprint density at radius 3 is 3.00 bits per heavy atom. The molecule has 0 amide bonds. The Balaban J connectivity index is 2.55. The molecule has 0 unspecified atom stereocenters. The molecule has 0 bridgehead atoms. The van der Waals surface area contributed by atoms with Crippen molar-refractivity contribution in [2.24, 2.45) is 0 Å². The number of hydrogen-bond acceptors (Lipinski definition) is 4. The number of rotatable bonds is 2. The van der Waals surface area contributed by atoms with Gasteiger partial charge in [0, 0.05) is 34.6 Å². The SMILES string of the molecule is Cc1csc(-c2ccncc2C=O)n1. The van der Waals surface area contributed by atoms with Gasteiger partial charge in [0.15, 0.2) is 6.29 Å². The maximum absolute atomic E-state index is 10.7. The predicted octanol–water partition coefficient (Wildman–Crippen LogP) is 2.33. The molecule has 0 atom stereocenters. The number of aromatic nitrogens is 2. The number of carbonyl (C=O) groups is 1. The zero-order chi connectivity index (χ0) is 9.97. The lowest BCUT2D eigenvalue weighted by molar-refractivity contribution is 0.112. The summed E-state index contributed by atoms with van der Waals surface area (Å²) in [6.45, 7) is 1.93. The Morgan fingerprint density at radius 2 is 2.36 bits per heavy atom. The largest absolute Gasteiger partial charge is 0.298 e. The van der Waals surface area contributed by atoms with Crippen molar-refractivity contribution in [3.8, 4) is 10.6 Å². The highest BCUT2D eigenvalue weighted by Gasteiger charge is 2.07. The molecule has 0 fully saturated rings. The number of aldehydes is 1. The van der Waals surface area contributed by atoms with E-state index in [-0.39, 0.29) is 0 Å². The molecule has 0 aromatic carbocycles. The van der Waals surface area contributed by atoms with E-state index < -0.39 is 0 Å². The van der Waals surface area contributed by atoms with E-state index in [1.54, 1.807) is 12.4 Å². The van der Waals surface area contributed by atoms with E-state index in [4.69, 9.17) is 0 Å². The fourth-order valence-corrected chi connectivity index (χ4v) is 2.02. The summed E-state index contributed by atoms with van der Waals surface area (Å²) in [4.78, 5) is 19.0. The van der Waals surface area contributed by atoms with Gasteiger partial charge in [0.25, 0.3) is 0 Å². The molecule has 2 aromatic heterocycles. The summed E-state index contributed by atoms with van der Waals surface area (Å²) in [6.07, 6.45) is 4.03. The summed E-state index contributed by atoms with van der Waals surface area (Å²) in [5.74, 6) is 0. The first-order chi connectivity index (χ1) is 6.81. The minimum atomic E-state index is 0.585. The second-order valence-corrected chi connectivity index (χ2v) is 3.73. The van der Waals surface area contributed by atoms with Crippen LogP contribution in [0.25, 0.3) is 10.6 Å². The van der Waals surface area contributed by atoms with Gasteiger partial charge in [-0.3, -0.25) is 9.78 Å². The molecule has 2 aromatic rings. The zero-order valence-electron chi connectivity index (χ0n) is 7.60. The van der Waals surface area contributed by atoms with Gasteiger partial charge in [-0.2, -0.15) is 0 Å². The third-order valence-corrected chi connectivity index (χ3v) is 2.82. The summed E-state index contributed by atoms with van der Waals surface area (Å²) in [6, 6.07) is 1.81. The number of pyridine rings is 1. The molecule has 14 heavy (non-hydrogen) atoms. The molecule has 0 saturated heterocycles. The van der Waals surface area contributed by atoms with Crippen molar-refractivity contribution >= 4 is 17.6 Å². The van der Waals surface area contributed by atoms with E-state index in [1.807, 2.05) is 18.4 Å². The highest BCUT2D eigenvalue weighted by molar-refractivity contribution is 7.13. The molecule has 0 aliphatic heterocycles. The Morgan fingerprint density at radius 1 is 1.50 bits per heavy atom. The summed E-state index contributed by atoms with van der Waals surface area (Å²) in [7, 11) is 0. The van der Waals surface area contributed by atoms with Gasteiger partial charge in [-0.25, -0.2) is 4.98 Å². The first-order valence-electron chi connectivity index (χ1n) is 4.13. The number of carbonyl (C=O) groups excluding carboxylic acids is 1. The summed E-state index contributed by atoms with van der Waals surface area (Å²) >= 11 is 1.53. The first-order valence-corrected chi connectivity index (χ1v) is 5.01. The highest BCUT2D eigenvalue weighted by Crippen LogP contribution is 2.25. The molecule has 0 aliphatic rings. The molecule has 0 spiro atoms. The van der Waals surface area contributed by atoms with Crippen LogP contribution in [-0.4, -0.2) is 16.3 Å². The number of thiazole rings is 1. The number of aryl methyl sites for hydroxylation is 1. The standard InChI is InChI=1S/C10H8N2OS/c1-7-6-14-10(12-7)9-2-3-11-4-8(9)5-13/h2-6H,1H3. The van der Waals surface area contributed by atoms with Gasteiger partial charge in [-0.1, -0.05) is 0 Å². The van der Waals surface area contributed by atoms with Crippen molar-refractivity contribution in [3.05, 3.63) is 35.1 Å². The lowest BCUT2D eigenvalue weighted by Gasteiger charge is -1.98. The van der Waals surface area contributed by atoms with Gasteiger partial charge in [0.05, 0.1) is 0 Å². The minimum absolute atomic E-state index is 0.585. The molecule has 0 saturated carbocycles. The first kappa shape index (κ1) is 9.02. The van der Waals surface area contributed by atoms with Crippen LogP contribution < -0.4 is 0 Å². The summed E-state index contributed by atoms with van der Waals surface area (Å²) < 4.78 is 0. The van der Waals surface area contributed by atoms with Gasteiger partial charge in [-0.05, 0) is 13.0 Å². The Kier molecular flexibility index (Phi) is 2.37. The molecule has 0 aliphatic carbocycles. The van der Waals surface area contributed by atoms with E-state index in [0.29, 0.717) is 5.56 Å². The average molecular weight is 204 g/mol. The van der Waals surface area contributed by atoms with Crippen LogP contribution in [0.1, 0.15) is 16.1 Å². The molecule has 70 valence electrons. The van der Waals surface area contributed by atoms with E-state index in [0.717, 1.165) is 22.6 Å². The number of hydrogen-bond donors (Lipinski definition) is 0. The normalized spacial score (nSPS) is 10.1. The van der Waals surface area contributed by atoms with E-state index in [9.17, 15) is 4.79 Å². The lowest BCUT2D eigenvalue weighted by atomic mass is 10.2. The molecular weight excluding hydrogens is 196 g/mol. The Hall–Kier alpha value is -1.55. The molecular formula is C10H8N2OS. The molecule has 4 heteroatoms. The fourth-order valence-electron chi connectivity index (χ4n) is 1.17. The summed E-state index contributed by atoms with van der Waals surface area (Å²) in [5, 5.41) is 2.83. The van der Waals surface area contributed by atoms with Gasteiger partial charge < -0.3 is 0 Å². The van der Waals surface area contributed by atoms with Crippen molar-refractivity contribution in [1.29, 1.82) is 0 Å². The molecule has 3 nitrogen and oxygen atoms in total. The van der Waals surface area contributed by atoms with Gasteiger partial charge in [-0.15, -0.1) is 11.3 Å². The van der Waals surface area contributed by atoms with Crippen molar-refractivity contribution in [3.63, 3.8) is 0 Å². The van der Waals surface area contributed by atoms with Gasteiger partial charge >= 0.3 is 0 Å². The van der Waals surface area contributed by atoms with Crippen molar-refractivity contribution in [1.82, 2.24) is 9.97 Å². The van der Waals surface area contributed by atoms with Crippen LogP contribution in [0, 0.1) is 6.92 Å². The van der Waals surface area contributed by atoms with Crippen molar-refractivity contribution in [2.75, 3.05) is 0 Å². The van der Waals surface area contributed by atoms with Crippen LogP contribution in [-0.2, 0) is 0 Å². The highest BCUT2D eigenvalue weighted by atomic mass is 32.1. The van der Waals surface area contributed by atoms with Crippen LogP contribution in [0.4, 0.5) is 0 Å². The zero-order valence-corrected chi connectivity index (χ0v) is 8.41. The van der Waals surface area contributed by atoms with Crippen LogP contribution >= 0.6 is 11.3 Å². The monoisotopic (exact) mass is 204 g/mol. The van der Waals surface area contributed by atoms with Gasteiger partial charge in [0.2, 0.25) is 0 Å². The summed E-state index contributed by atoms with van der Waals surface area (Å²) in [5.41, 5.74) is 2.41. The lowest BCUT2D eigenvalue weighted by Crippen LogP contribution is -1.88. The average Bonchev–Trinajstić information content (AvgIpc) is 2.65. The van der Waals surface area contributed by atoms with Crippen LogP contribution in [0.2, 0.25) is 0 Å². The van der Waals surface area contributed by atoms with Crippen LogP contribution in [0.15, 0.2) is 23.8 Å². The fraction of sp³-hybridized carbons (Fsp3) is 0.100. The maximum atomic E-state index is 10.7. The molecule has 2 heterocycles. The quantitative estimate of drug-likeness (QED) is 0.705. The van der Waals surface area contributed by atoms with Crippen LogP contribution in [0.3, 0.4) is 0 Å². The second kappa shape index (κ2) is 3.67. The second-order valence-electron chi connectivity index (χ2n) is 2.87. The Bertz CT molecular complexity index is 465. The predicted molar refractivity (Wildman–Crippen MR) is 55.5 cm³/mol. The van der Waals surface area contributed by atoms with E-state index >= 15 is 0 Å². The smallest absolute Gasteiger partial charge is 0.152 e. The van der Waals surface area contributed by atoms with Crippen molar-refractivity contribution in [2.45, 2.75) is 6.92 Å². The minimum Gasteiger partial charge on any atom is -0.298 e. The molecule has 2 rings (SSSR count). The molecule has 0 N–H and O–H groups in total. The Labute approximate surface area is 85.5 Å². The molecule has 0 radical (unpaired) electrons. The van der Waals surface area contributed by atoms with Crippen molar-refractivity contribution < 1.29 is 4.79 Å². The van der Waals surface area contributed by atoms with E-state index in [1.165, 1.54) is 11.3 Å². The van der Waals surface area contributed by atoms with E-state index in [2.05, 4.69) is 9.97 Å².